The molecule has 0 bridgehead atoms. The summed E-state index contributed by atoms with van der Waals surface area (Å²) >= 11 is 0. The monoisotopic (exact) mass is 298 g/mol. The summed E-state index contributed by atoms with van der Waals surface area (Å²) in [6.07, 6.45) is -3.37. The van der Waals surface area contributed by atoms with Crippen LogP contribution in [0, 0.1) is 10.1 Å². The Kier molecular flexibility index (Phi) is 3.79. The first-order valence-corrected chi connectivity index (χ1v) is 5.78. The first-order chi connectivity index (χ1) is 9.77. The molecule has 110 valence electrons. The smallest absolute Gasteiger partial charge is 0.304 e. The van der Waals surface area contributed by atoms with Crippen molar-refractivity contribution in [2.24, 2.45) is 0 Å². The van der Waals surface area contributed by atoms with Gasteiger partial charge in [0.1, 0.15) is 0 Å². The predicted octanol–water partition coefficient (Wildman–Crippen LogP) is 2.82. The molecule has 0 radical (unpaired) electrons. The van der Waals surface area contributed by atoms with Crippen molar-refractivity contribution in [3.8, 4) is 0 Å². The Labute approximate surface area is 116 Å². The molecule has 1 aromatic heterocycles. The lowest BCUT2D eigenvalue weighted by atomic mass is 10.1. The fourth-order valence-electron chi connectivity index (χ4n) is 1.75. The molecule has 2 aromatic rings. The van der Waals surface area contributed by atoms with Crippen LogP contribution in [0.3, 0.4) is 0 Å². The lowest BCUT2D eigenvalue weighted by Gasteiger charge is -2.09. The summed E-state index contributed by atoms with van der Waals surface area (Å²) in [6.45, 7) is -0.0430. The quantitative estimate of drug-likeness (QED) is 0.646. The van der Waals surface area contributed by atoms with E-state index in [0.29, 0.717) is 5.56 Å². The fraction of sp³-hybridized carbons (Fsp3) is 0.154. The van der Waals surface area contributed by atoms with E-state index in [0.717, 1.165) is 35.0 Å². The van der Waals surface area contributed by atoms with Gasteiger partial charge in [-0.05, 0) is 17.7 Å². The summed E-state index contributed by atoms with van der Waals surface area (Å²) in [5.74, 6) is 0. The molecule has 0 spiro atoms. The average molecular weight is 298 g/mol. The Morgan fingerprint density at radius 3 is 2.24 bits per heavy atom. The molecule has 21 heavy (non-hydrogen) atoms. The summed E-state index contributed by atoms with van der Waals surface area (Å²) in [4.78, 5) is 21.6. The zero-order valence-corrected chi connectivity index (χ0v) is 10.5. The fourth-order valence-corrected chi connectivity index (χ4v) is 1.75. The molecule has 0 aliphatic rings. The normalized spacial score (nSPS) is 11.4. The number of halogens is 3. The van der Waals surface area contributed by atoms with Crippen molar-refractivity contribution in [2.45, 2.75) is 12.7 Å². The van der Waals surface area contributed by atoms with Crippen molar-refractivity contribution in [3.05, 3.63) is 74.2 Å². The van der Waals surface area contributed by atoms with Crippen LogP contribution in [0.5, 0.6) is 0 Å². The molecule has 8 heteroatoms. The van der Waals surface area contributed by atoms with Crippen molar-refractivity contribution >= 4 is 5.69 Å². The molecule has 2 rings (SSSR count). The minimum Gasteiger partial charge on any atom is -0.304 e. The molecule has 0 amide bonds. The van der Waals surface area contributed by atoms with E-state index in [1.54, 1.807) is 0 Å². The third kappa shape index (κ3) is 3.47. The van der Waals surface area contributed by atoms with Gasteiger partial charge in [-0.2, -0.15) is 13.2 Å². The second-order valence-electron chi connectivity index (χ2n) is 4.31. The number of aromatic nitrogens is 1. The third-order valence-electron chi connectivity index (χ3n) is 2.81. The van der Waals surface area contributed by atoms with Gasteiger partial charge in [0.25, 0.3) is 11.2 Å². The molecule has 0 fully saturated rings. The highest BCUT2D eigenvalue weighted by atomic mass is 19.4. The minimum atomic E-state index is -4.43. The van der Waals surface area contributed by atoms with Crippen LogP contribution >= 0.6 is 0 Å². The molecule has 5 nitrogen and oxygen atoms in total. The van der Waals surface area contributed by atoms with Gasteiger partial charge in [0.2, 0.25) is 0 Å². The largest absolute Gasteiger partial charge is 0.416 e. The average Bonchev–Trinajstić information content (AvgIpc) is 2.40. The van der Waals surface area contributed by atoms with Crippen LogP contribution in [0.25, 0.3) is 0 Å². The van der Waals surface area contributed by atoms with Crippen molar-refractivity contribution < 1.29 is 18.1 Å². The number of alkyl halides is 3. The number of nitrogens with zero attached hydrogens (tertiary/aromatic N) is 2. The maximum Gasteiger partial charge on any atom is 0.416 e. The first-order valence-electron chi connectivity index (χ1n) is 5.78. The van der Waals surface area contributed by atoms with E-state index in [1.807, 2.05) is 0 Å². The van der Waals surface area contributed by atoms with E-state index in [9.17, 15) is 28.1 Å². The van der Waals surface area contributed by atoms with E-state index in [-0.39, 0.29) is 12.2 Å². The van der Waals surface area contributed by atoms with Crippen molar-refractivity contribution in [2.75, 3.05) is 0 Å². The van der Waals surface area contributed by atoms with Crippen LogP contribution in [-0.4, -0.2) is 9.49 Å². The van der Waals surface area contributed by atoms with Crippen molar-refractivity contribution in [1.29, 1.82) is 0 Å². The van der Waals surface area contributed by atoms with E-state index in [1.165, 1.54) is 12.1 Å². The Hall–Kier alpha value is -2.64. The van der Waals surface area contributed by atoms with Gasteiger partial charge in [-0.1, -0.05) is 12.1 Å². The molecule has 0 aliphatic heterocycles. The Morgan fingerprint density at radius 2 is 1.71 bits per heavy atom. The van der Waals surface area contributed by atoms with Crippen LogP contribution in [0.15, 0.2) is 47.4 Å². The van der Waals surface area contributed by atoms with Crippen LogP contribution in [0.4, 0.5) is 18.9 Å². The van der Waals surface area contributed by atoms with Gasteiger partial charge in [0.15, 0.2) is 0 Å². The topological polar surface area (TPSA) is 65.1 Å². The number of nitro groups is 1. The van der Waals surface area contributed by atoms with Gasteiger partial charge in [0.05, 0.1) is 23.2 Å². The first kappa shape index (κ1) is 14.8. The van der Waals surface area contributed by atoms with Gasteiger partial charge >= 0.3 is 6.18 Å². The molecule has 0 saturated carbocycles. The number of pyridine rings is 1. The molecule has 0 N–H and O–H groups in total. The summed E-state index contributed by atoms with van der Waals surface area (Å²) in [6, 6.07) is 6.38. The maximum absolute atomic E-state index is 12.4. The van der Waals surface area contributed by atoms with E-state index >= 15 is 0 Å². The number of benzene rings is 1. The van der Waals surface area contributed by atoms with E-state index in [4.69, 9.17) is 0 Å². The number of hydrogen-bond acceptors (Lipinski definition) is 3. The molecular weight excluding hydrogens is 289 g/mol. The van der Waals surface area contributed by atoms with Crippen LogP contribution in [0.1, 0.15) is 11.1 Å². The van der Waals surface area contributed by atoms with Crippen molar-refractivity contribution in [1.82, 2.24) is 4.57 Å². The SMILES string of the molecule is O=c1ccc([N+](=O)[O-])cn1Cc1ccc(C(F)(F)F)cc1. The standard InChI is InChI=1S/C13H9F3N2O3/c14-13(15,16)10-3-1-9(2-4-10)7-17-8-11(18(20)21)5-6-12(17)19/h1-6,8H,7H2. The zero-order valence-electron chi connectivity index (χ0n) is 10.5. The molecular formula is C13H9F3N2O3. The highest BCUT2D eigenvalue weighted by Crippen LogP contribution is 2.29. The lowest BCUT2D eigenvalue weighted by Crippen LogP contribution is -2.19. The predicted molar refractivity (Wildman–Crippen MR) is 67.9 cm³/mol. The Balaban J connectivity index is 2.28. The second kappa shape index (κ2) is 5.39. The zero-order chi connectivity index (χ0) is 15.6. The molecule has 0 aliphatic carbocycles. The number of hydrogen-bond donors (Lipinski definition) is 0. The van der Waals surface area contributed by atoms with Crippen LogP contribution in [0.2, 0.25) is 0 Å². The second-order valence-corrected chi connectivity index (χ2v) is 4.31. The Bertz CT molecular complexity index is 721. The molecule has 0 unspecified atom stereocenters. The molecule has 1 heterocycles. The summed E-state index contributed by atoms with van der Waals surface area (Å²) in [5.41, 5.74) is -1.09. The van der Waals surface area contributed by atoms with Gasteiger partial charge in [-0.25, -0.2) is 0 Å². The van der Waals surface area contributed by atoms with Gasteiger partial charge < -0.3 is 4.57 Å². The highest BCUT2D eigenvalue weighted by molar-refractivity contribution is 5.27. The minimum absolute atomic E-state index is 0.0430. The Morgan fingerprint density at radius 1 is 1.10 bits per heavy atom. The van der Waals surface area contributed by atoms with Crippen LogP contribution in [-0.2, 0) is 12.7 Å². The molecule has 0 saturated heterocycles. The van der Waals surface area contributed by atoms with E-state index in [2.05, 4.69) is 0 Å². The van der Waals surface area contributed by atoms with Crippen LogP contribution < -0.4 is 5.56 Å². The maximum atomic E-state index is 12.4. The summed E-state index contributed by atoms with van der Waals surface area (Å²) < 4.78 is 38.3. The van der Waals surface area contributed by atoms with Gasteiger partial charge in [0, 0.05) is 12.1 Å². The van der Waals surface area contributed by atoms with Gasteiger partial charge in [-0.15, -0.1) is 0 Å². The highest BCUT2D eigenvalue weighted by Gasteiger charge is 2.29. The van der Waals surface area contributed by atoms with Gasteiger partial charge in [-0.3, -0.25) is 14.9 Å². The lowest BCUT2D eigenvalue weighted by molar-refractivity contribution is -0.385. The molecule has 1 aromatic carbocycles. The third-order valence-corrected chi connectivity index (χ3v) is 2.81. The van der Waals surface area contributed by atoms with E-state index < -0.39 is 22.2 Å². The van der Waals surface area contributed by atoms with Crippen molar-refractivity contribution in [3.63, 3.8) is 0 Å². The summed E-state index contributed by atoms with van der Waals surface area (Å²) in [5, 5.41) is 10.6. The number of rotatable bonds is 3. The summed E-state index contributed by atoms with van der Waals surface area (Å²) in [7, 11) is 0. The molecule has 0 atom stereocenters.